The second kappa shape index (κ2) is 6.09. The first-order chi connectivity index (χ1) is 8.81. The highest BCUT2D eigenvalue weighted by molar-refractivity contribution is 5.72. The normalized spacial score (nSPS) is 10.4. The summed E-state index contributed by atoms with van der Waals surface area (Å²) in [6.45, 7) is 0. The molecular formula is C12H8F4O3. The number of alkyl halides is 3. The van der Waals surface area contributed by atoms with Crippen LogP contribution < -0.4 is 4.74 Å². The minimum atomic E-state index is -4.87. The minimum Gasteiger partial charge on any atom is -0.468 e. The van der Waals surface area contributed by atoms with Gasteiger partial charge in [-0.3, -0.25) is 4.79 Å². The van der Waals surface area contributed by atoms with E-state index in [1.165, 1.54) is 0 Å². The molecule has 0 aliphatic carbocycles. The fraction of sp³-hybridized carbons (Fsp3) is 0.250. The van der Waals surface area contributed by atoms with Crippen molar-refractivity contribution in [2.24, 2.45) is 0 Å². The Morgan fingerprint density at radius 2 is 2.05 bits per heavy atom. The predicted octanol–water partition coefficient (Wildman–Crippen LogP) is 2.64. The number of benzene rings is 1. The Labute approximate surface area is 106 Å². The molecule has 0 unspecified atom stereocenters. The third kappa shape index (κ3) is 5.29. The summed E-state index contributed by atoms with van der Waals surface area (Å²) in [6.07, 6.45) is -5.16. The van der Waals surface area contributed by atoms with Crippen molar-refractivity contribution in [2.45, 2.75) is 12.8 Å². The smallest absolute Gasteiger partial charge is 0.468 e. The molecule has 0 bridgehead atoms. The van der Waals surface area contributed by atoms with Gasteiger partial charge in [0, 0.05) is 0 Å². The van der Waals surface area contributed by atoms with E-state index in [0.29, 0.717) is 0 Å². The molecule has 7 heteroatoms. The Balaban J connectivity index is 2.88. The molecule has 0 saturated carbocycles. The standard InChI is InChI=1S/C12H8F4O3/c1-18-11(17)4-2-3-8-7-9(5-6-10(8)13)19-12(14,15)16/h5-7H,4H2,1H3. The van der Waals surface area contributed by atoms with Crippen LogP contribution in [0.15, 0.2) is 18.2 Å². The van der Waals surface area contributed by atoms with E-state index in [0.717, 1.165) is 25.3 Å². The largest absolute Gasteiger partial charge is 0.573 e. The van der Waals surface area contributed by atoms with Gasteiger partial charge in [-0.15, -0.1) is 13.2 Å². The molecule has 0 radical (unpaired) electrons. The Bertz CT molecular complexity index is 526. The number of carbonyl (C=O) groups excluding carboxylic acids is 1. The van der Waals surface area contributed by atoms with Crippen molar-refractivity contribution in [3.63, 3.8) is 0 Å². The van der Waals surface area contributed by atoms with Crippen molar-refractivity contribution in [3.05, 3.63) is 29.6 Å². The molecular weight excluding hydrogens is 268 g/mol. The van der Waals surface area contributed by atoms with Crippen LogP contribution in [0.2, 0.25) is 0 Å². The van der Waals surface area contributed by atoms with E-state index in [9.17, 15) is 22.4 Å². The monoisotopic (exact) mass is 276 g/mol. The molecule has 0 saturated heterocycles. The molecule has 0 aliphatic rings. The summed E-state index contributed by atoms with van der Waals surface area (Å²) in [7, 11) is 1.16. The van der Waals surface area contributed by atoms with E-state index in [2.05, 4.69) is 21.3 Å². The van der Waals surface area contributed by atoms with Crippen molar-refractivity contribution in [1.82, 2.24) is 0 Å². The number of halogens is 4. The average Bonchev–Trinajstić information content (AvgIpc) is 2.31. The summed E-state index contributed by atoms with van der Waals surface area (Å²) in [5.41, 5.74) is -0.300. The predicted molar refractivity (Wildman–Crippen MR) is 56.6 cm³/mol. The van der Waals surface area contributed by atoms with E-state index in [1.54, 1.807) is 0 Å². The molecule has 0 aromatic heterocycles. The zero-order valence-electron chi connectivity index (χ0n) is 9.68. The maximum absolute atomic E-state index is 13.3. The van der Waals surface area contributed by atoms with Crippen molar-refractivity contribution < 1.29 is 31.8 Å². The third-order valence-corrected chi connectivity index (χ3v) is 1.85. The molecule has 0 N–H and O–H groups in total. The molecule has 3 nitrogen and oxygen atoms in total. The highest BCUT2D eigenvalue weighted by Crippen LogP contribution is 2.24. The molecule has 1 aromatic rings. The van der Waals surface area contributed by atoms with Crippen molar-refractivity contribution >= 4 is 5.97 Å². The Kier molecular flexibility index (Phi) is 4.75. The van der Waals surface area contributed by atoms with Crippen molar-refractivity contribution in [3.8, 4) is 17.6 Å². The van der Waals surface area contributed by atoms with Gasteiger partial charge in [0.15, 0.2) is 0 Å². The van der Waals surface area contributed by atoms with Crippen LogP contribution in [0.1, 0.15) is 12.0 Å². The number of ether oxygens (including phenoxy) is 2. The first-order valence-electron chi connectivity index (χ1n) is 4.93. The maximum Gasteiger partial charge on any atom is 0.573 e. The fourth-order valence-corrected chi connectivity index (χ4v) is 1.08. The topological polar surface area (TPSA) is 35.5 Å². The van der Waals surface area contributed by atoms with Gasteiger partial charge in [-0.1, -0.05) is 11.8 Å². The number of carbonyl (C=O) groups is 1. The maximum atomic E-state index is 13.3. The van der Waals surface area contributed by atoms with Crippen LogP contribution in [0.4, 0.5) is 17.6 Å². The zero-order valence-corrected chi connectivity index (χ0v) is 9.68. The number of rotatable bonds is 2. The summed E-state index contributed by atoms with van der Waals surface area (Å²) in [5.74, 6) is 2.48. The van der Waals surface area contributed by atoms with Gasteiger partial charge in [-0.25, -0.2) is 4.39 Å². The highest BCUT2D eigenvalue weighted by Gasteiger charge is 2.31. The molecule has 0 amide bonds. The highest BCUT2D eigenvalue weighted by atomic mass is 19.4. The van der Waals surface area contributed by atoms with Crippen molar-refractivity contribution in [2.75, 3.05) is 7.11 Å². The molecule has 102 valence electrons. The van der Waals surface area contributed by atoms with E-state index < -0.39 is 23.9 Å². The van der Waals surface area contributed by atoms with E-state index >= 15 is 0 Å². The van der Waals surface area contributed by atoms with Gasteiger partial charge in [-0.05, 0) is 18.2 Å². The summed E-state index contributed by atoms with van der Waals surface area (Å²) in [4.78, 5) is 10.7. The van der Waals surface area contributed by atoms with Crippen LogP contribution in [-0.2, 0) is 9.53 Å². The van der Waals surface area contributed by atoms with Gasteiger partial charge >= 0.3 is 12.3 Å². The molecule has 1 rings (SSSR count). The summed E-state index contributed by atoms with van der Waals surface area (Å²) < 4.78 is 57.1. The van der Waals surface area contributed by atoms with E-state index in [4.69, 9.17) is 0 Å². The van der Waals surface area contributed by atoms with Crippen LogP contribution >= 0.6 is 0 Å². The number of hydrogen-bond acceptors (Lipinski definition) is 3. The van der Waals surface area contributed by atoms with Crippen molar-refractivity contribution in [1.29, 1.82) is 0 Å². The summed E-state index contributed by atoms with van der Waals surface area (Å²) in [5, 5.41) is 0. The summed E-state index contributed by atoms with van der Waals surface area (Å²) >= 11 is 0. The molecule has 0 aliphatic heterocycles. The Morgan fingerprint density at radius 3 is 2.63 bits per heavy atom. The average molecular weight is 276 g/mol. The zero-order chi connectivity index (χ0) is 14.5. The lowest BCUT2D eigenvalue weighted by atomic mass is 10.2. The fourth-order valence-electron chi connectivity index (χ4n) is 1.08. The molecule has 0 heterocycles. The van der Waals surface area contributed by atoms with E-state index in [1.807, 2.05) is 0 Å². The van der Waals surface area contributed by atoms with E-state index in [-0.39, 0.29) is 12.0 Å². The van der Waals surface area contributed by atoms with Gasteiger partial charge in [0.05, 0.1) is 12.7 Å². The number of methoxy groups -OCH3 is 1. The molecule has 0 spiro atoms. The Hall–Kier alpha value is -2.23. The quantitative estimate of drug-likeness (QED) is 0.473. The lowest BCUT2D eigenvalue weighted by Gasteiger charge is -2.08. The minimum absolute atomic E-state index is 0.291. The van der Waals surface area contributed by atoms with Crippen LogP contribution in [-0.4, -0.2) is 19.4 Å². The third-order valence-electron chi connectivity index (χ3n) is 1.85. The number of esters is 1. The molecule has 19 heavy (non-hydrogen) atoms. The lowest BCUT2D eigenvalue weighted by Crippen LogP contribution is -2.17. The van der Waals surface area contributed by atoms with Gasteiger partial charge < -0.3 is 9.47 Å². The van der Waals surface area contributed by atoms with Crippen LogP contribution in [0, 0.1) is 17.7 Å². The van der Waals surface area contributed by atoms with Crippen LogP contribution in [0.5, 0.6) is 5.75 Å². The first kappa shape index (κ1) is 14.8. The van der Waals surface area contributed by atoms with Crippen LogP contribution in [0.3, 0.4) is 0 Å². The Morgan fingerprint density at radius 1 is 1.37 bits per heavy atom. The van der Waals surface area contributed by atoms with Gasteiger partial charge in [0.25, 0.3) is 0 Å². The van der Waals surface area contributed by atoms with Crippen LogP contribution in [0.25, 0.3) is 0 Å². The molecule has 1 aromatic carbocycles. The first-order valence-corrected chi connectivity index (χ1v) is 4.93. The lowest BCUT2D eigenvalue weighted by molar-refractivity contribution is -0.274. The molecule has 0 fully saturated rings. The second-order valence-corrected chi connectivity index (χ2v) is 3.24. The second-order valence-electron chi connectivity index (χ2n) is 3.24. The van der Waals surface area contributed by atoms with Gasteiger partial charge in [0.2, 0.25) is 0 Å². The van der Waals surface area contributed by atoms with Gasteiger partial charge in [-0.2, -0.15) is 0 Å². The van der Waals surface area contributed by atoms with Gasteiger partial charge in [0.1, 0.15) is 18.0 Å². The summed E-state index contributed by atoms with van der Waals surface area (Å²) in [6, 6.07) is 2.42. The molecule has 0 atom stereocenters. The number of hydrogen-bond donors (Lipinski definition) is 0. The SMILES string of the molecule is COC(=O)CC#Cc1cc(OC(F)(F)F)ccc1F.